The van der Waals surface area contributed by atoms with E-state index in [0.29, 0.717) is 12.2 Å². The molecule has 0 amide bonds. The Bertz CT molecular complexity index is 724. The quantitative estimate of drug-likeness (QED) is 0.883. The Morgan fingerprint density at radius 1 is 1.25 bits per heavy atom. The summed E-state index contributed by atoms with van der Waals surface area (Å²) in [4.78, 5) is 15.6. The van der Waals surface area contributed by atoms with Gasteiger partial charge in [0, 0.05) is 11.8 Å². The summed E-state index contributed by atoms with van der Waals surface area (Å²) in [6, 6.07) is 9.12. The SMILES string of the molecule is CC.CCOc1ccc(C2C=C(C(=O)O)c3ccncc3N2)cc1. The Balaban J connectivity index is 0.00000100. The zero-order valence-electron chi connectivity index (χ0n) is 14.1. The van der Waals surface area contributed by atoms with E-state index in [2.05, 4.69) is 10.3 Å². The van der Waals surface area contributed by atoms with E-state index in [1.54, 1.807) is 24.5 Å². The Morgan fingerprint density at radius 3 is 2.58 bits per heavy atom. The fraction of sp³-hybridized carbons (Fsp3) is 0.263. The van der Waals surface area contributed by atoms with Gasteiger partial charge in [-0.1, -0.05) is 26.0 Å². The summed E-state index contributed by atoms with van der Waals surface area (Å²) in [6.07, 6.45) is 4.96. The van der Waals surface area contributed by atoms with Crippen LogP contribution >= 0.6 is 0 Å². The molecule has 1 aliphatic heterocycles. The van der Waals surface area contributed by atoms with Gasteiger partial charge in [-0.2, -0.15) is 0 Å². The molecular formula is C19H22N2O3. The van der Waals surface area contributed by atoms with Crippen molar-refractivity contribution in [3.05, 3.63) is 59.9 Å². The average molecular weight is 326 g/mol. The first kappa shape index (κ1) is 17.5. The molecule has 0 aliphatic carbocycles. The number of hydrogen-bond acceptors (Lipinski definition) is 4. The maximum absolute atomic E-state index is 11.5. The van der Waals surface area contributed by atoms with E-state index in [1.165, 1.54) is 0 Å². The number of aromatic nitrogens is 1. The van der Waals surface area contributed by atoms with Crippen LogP contribution in [0.5, 0.6) is 5.75 Å². The summed E-state index contributed by atoms with van der Waals surface area (Å²) in [5.74, 6) is -0.142. The Kier molecular flexibility index (Phi) is 5.95. The molecular weight excluding hydrogens is 304 g/mol. The second kappa shape index (κ2) is 8.15. The summed E-state index contributed by atoms with van der Waals surface area (Å²) in [7, 11) is 0. The topological polar surface area (TPSA) is 71.5 Å². The number of aliphatic carboxylic acids is 1. The molecule has 3 rings (SSSR count). The number of carboxylic acids is 1. The zero-order chi connectivity index (χ0) is 17.5. The Labute approximate surface area is 142 Å². The van der Waals surface area contributed by atoms with Crippen molar-refractivity contribution in [2.75, 3.05) is 11.9 Å². The van der Waals surface area contributed by atoms with Crippen LogP contribution in [-0.4, -0.2) is 22.7 Å². The van der Waals surface area contributed by atoms with Gasteiger partial charge in [0.2, 0.25) is 0 Å². The molecule has 1 unspecified atom stereocenters. The molecule has 0 spiro atoms. The molecule has 2 heterocycles. The van der Waals surface area contributed by atoms with Gasteiger partial charge in [-0.3, -0.25) is 4.98 Å². The van der Waals surface area contributed by atoms with E-state index >= 15 is 0 Å². The molecule has 0 fully saturated rings. The molecule has 1 aromatic carbocycles. The lowest BCUT2D eigenvalue weighted by Crippen LogP contribution is -2.17. The standard InChI is InChI=1S/C17H16N2O3.C2H6/c1-2-22-12-5-3-11(4-6-12)15-9-14(17(20)21)13-7-8-18-10-16(13)19-15;1-2/h3-10,15,19H,2H2,1H3,(H,20,21);1-2H3. The summed E-state index contributed by atoms with van der Waals surface area (Å²) in [5.41, 5.74) is 2.64. The predicted octanol–water partition coefficient (Wildman–Crippen LogP) is 4.14. The normalized spacial score (nSPS) is 15.1. The van der Waals surface area contributed by atoms with E-state index in [-0.39, 0.29) is 11.6 Å². The number of pyridine rings is 1. The first-order valence-electron chi connectivity index (χ1n) is 8.08. The van der Waals surface area contributed by atoms with Crippen molar-refractivity contribution in [2.45, 2.75) is 26.8 Å². The minimum absolute atomic E-state index is 0.210. The highest BCUT2D eigenvalue weighted by Gasteiger charge is 2.23. The zero-order valence-corrected chi connectivity index (χ0v) is 14.1. The van der Waals surface area contributed by atoms with Crippen LogP contribution in [0, 0.1) is 0 Å². The molecule has 0 radical (unpaired) electrons. The molecule has 1 aliphatic rings. The third-order valence-corrected chi connectivity index (χ3v) is 3.54. The molecule has 5 heteroatoms. The minimum atomic E-state index is -0.940. The molecule has 0 saturated carbocycles. The van der Waals surface area contributed by atoms with Crippen LogP contribution < -0.4 is 10.1 Å². The molecule has 2 aromatic rings. The van der Waals surface area contributed by atoms with Gasteiger partial charge in [0.05, 0.1) is 30.1 Å². The summed E-state index contributed by atoms with van der Waals surface area (Å²) in [6.45, 7) is 6.55. The summed E-state index contributed by atoms with van der Waals surface area (Å²) in [5, 5.41) is 12.7. The van der Waals surface area contributed by atoms with Gasteiger partial charge < -0.3 is 15.2 Å². The lowest BCUT2D eigenvalue weighted by molar-refractivity contribution is -0.130. The van der Waals surface area contributed by atoms with Crippen molar-refractivity contribution in [1.29, 1.82) is 0 Å². The maximum Gasteiger partial charge on any atom is 0.336 e. The van der Waals surface area contributed by atoms with Gasteiger partial charge in [0.1, 0.15) is 5.75 Å². The number of nitrogens with one attached hydrogen (secondary N) is 1. The third kappa shape index (κ3) is 3.74. The molecule has 1 atom stereocenters. The van der Waals surface area contributed by atoms with Gasteiger partial charge in [-0.15, -0.1) is 0 Å². The van der Waals surface area contributed by atoms with Crippen LogP contribution in [0.3, 0.4) is 0 Å². The van der Waals surface area contributed by atoms with Crippen molar-refractivity contribution in [2.24, 2.45) is 0 Å². The molecule has 0 saturated heterocycles. The van der Waals surface area contributed by atoms with Crippen LogP contribution in [0.25, 0.3) is 5.57 Å². The summed E-state index contributed by atoms with van der Waals surface area (Å²) < 4.78 is 5.42. The molecule has 1 aromatic heterocycles. The lowest BCUT2D eigenvalue weighted by Gasteiger charge is -2.25. The van der Waals surface area contributed by atoms with Crippen LogP contribution in [-0.2, 0) is 4.79 Å². The van der Waals surface area contributed by atoms with E-state index in [0.717, 1.165) is 17.0 Å². The van der Waals surface area contributed by atoms with Gasteiger partial charge in [-0.05, 0) is 36.8 Å². The van der Waals surface area contributed by atoms with Crippen molar-refractivity contribution in [3.63, 3.8) is 0 Å². The smallest absolute Gasteiger partial charge is 0.336 e. The van der Waals surface area contributed by atoms with Gasteiger partial charge in [0.25, 0.3) is 0 Å². The predicted molar refractivity (Wildman–Crippen MR) is 95.2 cm³/mol. The maximum atomic E-state index is 11.5. The van der Waals surface area contributed by atoms with E-state index in [4.69, 9.17) is 4.74 Å². The number of carboxylic acid groups (broad SMARTS) is 1. The molecule has 126 valence electrons. The van der Waals surface area contributed by atoms with Crippen molar-refractivity contribution >= 4 is 17.2 Å². The van der Waals surface area contributed by atoms with Crippen molar-refractivity contribution in [1.82, 2.24) is 4.98 Å². The number of nitrogens with zero attached hydrogens (tertiary/aromatic N) is 1. The molecule has 24 heavy (non-hydrogen) atoms. The van der Waals surface area contributed by atoms with E-state index in [1.807, 2.05) is 45.0 Å². The highest BCUT2D eigenvalue weighted by molar-refractivity contribution is 6.18. The van der Waals surface area contributed by atoms with Crippen LogP contribution in [0.15, 0.2) is 48.8 Å². The average Bonchev–Trinajstić information content (AvgIpc) is 2.63. The lowest BCUT2D eigenvalue weighted by atomic mass is 9.94. The number of ether oxygens (including phenoxy) is 1. The van der Waals surface area contributed by atoms with Crippen molar-refractivity contribution in [3.8, 4) is 5.75 Å². The fourth-order valence-electron chi connectivity index (χ4n) is 2.51. The van der Waals surface area contributed by atoms with Gasteiger partial charge >= 0.3 is 5.97 Å². The van der Waals surface area contributed by atoms with E-state index < -0.39 is 5.97 Å². The molecule has 2 N–H and O–H groups in total. The van der Waals surface area contributed by atoms with E-state index in [9.17, 15) is 9.90 Å². The van der Waals surface area contributed by atoms with Crippen LogP contribution in [0.1, 0.15) is 37.9 Å². The number of rotatable bonds is 4. The second-order valence-corrected chi connectivity index (χ2v) is 4.93. The van der Waals surface area contributed by atoms with Gasteiger partial charge in [0.15, 0.2) is 0 Å². The highest BCUT2D eigenvalue weighted by atomic mass is 16.5. The Morgan fingerprint density at radius 2 is 1.96 bits per heavy atom. The number of fused-ring (bicyclic) bond motifs is 1. The minimum Gasteiger partial charge on any atom is -0.494 e. The molecule has 5 nitrogen and oxygen atoms in total. The largest absolute Gasteiger partial charge is 0.494 e. The monoisotopic (exact) mass is 326 g/mol. The van der Waals surface area contributed by atoms with Gasteiger partial charge in [-0.25, -0.2) is 4.79 Å². The number of carbonyl (C=O) groups is 1. The first-order valence-corrected chi connectivity index (χ1v) is 8.08. The third-order valence-electron chi connectivity index (χ3n) is 3.54. The molecule has 0 bridgehead atoms. The van der Waals surface area contributed by atoms with Crippen molar-refractivity contribution < 1.29 is 14.6 Å². The van der Waals surface area contributed by atoms with Crippen LogP contribution in [0.4, 0.5) is 5.69 Å². The highest BCUT2D eigenvalue weighted by Crippen LogP contribution is 2.35. The Hall–Kier alpha value is -2.82. The second-order valence-electron chi connectivity index (χ2n) is 4.93. The van der Waals surface area contributed by atoms with Crippen LogP contribution in [0.2, 0.25) is 0 Å². The fourth-order valence-corrected chi connectivity index (χ4v) is 2.51. The summed E-state index contributed by atoms with van der Waals surface area (Å²) >= 11 is 0. The number of hydrogen-bond donors (Lipinski definition) is 2. The number of anilines is 1. The number of benzene rings is 1. The first-order chi connectivity index (χ1) is 11.7.